The minimum Gasteiger partial charge on any atom is -0.443 e. The number of aliphatic imine (C=N–C) groups is 1. The fourth-order valence-electron chi connectivity index (χ4n) is 2.66. The predicted molar refractivity (Wildman–Crippen MR) is 115 cm³/mol. The van der Waals surface area contributed by atoms with Crippen LogP contribution in [0.4, 0.5) is 5.82 Å². The lowest BCUT2D eigenvalue weighted by atomic mass is 9.94. The second-order valence-electron chi connectivity index (χ2n) is 7.61. The molecule has 2 aromatic rings. The first-order chi connectivity index (χ1) is 13.4. The van der Waals surface area contributed by atoms with Crippen LogP contribution in [0.3, 0.4) is 0 Å². The van der Waals surface area contributed by atoms with Gasteiger partial charge >= 0.3 is 0 Å². The molecule has 0 aromatic carbocycles. The molecular formula is C21H34N6O. The van der Waals surface area contributed by atoms with Gasteiger partial charge in [-0.1, -0.05) is 26.8 Å². The normalized spacial score (nSPS) is 12.1. The molecular weight excluding hydrogens is 352 g/mol. The molecule has 0 aliphatic rings. The van der Waals surface area contributed by atoms with Gasteiger partial charge in [0.05, 0.1) is 19.3 Å². The Kier molecular flexibility index (Phi) is 7.84. The fourth-order valence-corrected chi connectivity index (χ4v) is 2.66. The second-order valence-corrected chi connectivity index (χ2v) is 7.61. The van der Waals surface area contributed by atoms with Crippen molar-refractivity contribution in [2.24, 2.45) is 4.99 Å². The topological polar surface area (TPSA) is 78.6 Å². The third kappa shape index (κ3) is 6.25. The molecule has 7 nitrogen and oxygen atoms in total. The van der Waals surface area contributed by atoms with Crippen molar-refractivity contribution in [2.45, 2.75) is 60.0 Å². The molecule has 2 N–H and O–H groups in total. The molecule has 7 heteroatoms. The lowest BCUT2D eigenvalue weighted by molar-refractivity contribution is 0.379. The van der Waals surface area contributed by atoms with E-state index in [9.17, 15) is 0 Å². The predicted octanol–water partition coefficient (Wildman–Crippen LogP) is 3.47. The second kappa shape index (κ2) is 10.1. The number of hydrogen-bond donors (Lipinski definition) is 2. The van der Waals surface area contributed by atoms with E-state index in [-0.39, 0.29) is 5.41 Å². The number of guanidine groups is 1. The Morgan fingerprint density at radius 2 is 1.82 bits per heavy atom. The minimum atomic E-state index is -0.0475. The Balaban J connectivity index is 1.97. The maximum Gasteiger partial charge on any atom is 0.213 e. The molecule has 0 aliphatic carbocycles. The van der Waals surface area contributed by atoms with E-state index in [0.29, 0.717) is 19.0 Å². The van der Waals surface area contributed by atoms with Gasteiger partial charge in [-0.15, -0.1) is 0 Å². The van der Waals surface area contributed by atoms with E-state index in [0.717, 1.165) is 42.7 Å². The van der Waals surface area contributed by atoms with Crippen LogP contribution in [0.15, 0.2) is 33.9 Å². The number of anilines is 1. The van der Waals surface area contributed by atoms with Gasteiger partial charge in [-0.3, -0.25) is 0 Å². The van der Waals surface area contributed by atoms with E-state index in [1.165, 1.54) is 0 Å². The summed E-state index contributed by atoms with van der Waals surface area (Å²) in [6.07, 6.45) is 3.69. The van der Waals surface area contributed by atoms with Crippen LogP contribution >= 0.6 is 0 Å². The van der Waals surface area contributed by atoms with Crippen LogP contribution in [0.5, 0.6) is 0 Å². The quantitative estimate of drug-likeness (QED) is 0.534. The van der Waals surface area contributed by atoms with Crippen LogP contribution in [0.2, 0.25) is 0 Å². The van der Waals surface area contributed by atoms with Gasteiger partial charge in [-0.05, 0) is 32.4 Å². The number of aromatic nitrogens is 2. The summed E-state index contributed by atoms with van der Waals surface area (Å²) in [4.78, 5) is 15.8. The first kappa shape index (κ1) is 21.7. The average molecular weight is 387 g/mol. The summed E-state index contributed by atoms with van der Waals surface area (Å²) in [5.41, 5.74) is 1.02. The minimum absolute atomic E-state index is 0.0475. The molecule has 2 aromatic heterocycles. The van der Waals surface area contributed by atoms with E-state index in [2.05, 4.69) is 77.2 Å². The molecule has 0 bridgehead atoms. The van der Waals surface area contributed by atoms with E-state index >= 15 is 0 Å². The highest BCUT2D eigenvalue weighted by atomic mass is 16.4. The van der Waals surface area contributed by atoms with Gasteiger partial charge < -0.3 is 20.0 Å². The molecule has 28 heavy (non-hydrogen) atoms. The van der Waals surface area contributed by atoms with Gasteiger partial charge in [0.15, 0.2) is 5.96 Å². The molecule has 0 atom stereocenters. The SMILES string of the molecule is CCNC(=NCc1ccc(N(CC)CC)nc1)NCc1ncc(C(C)(C)C)o1. The van der Waals surface area contributed by atoms with Crippen molar-refractivity contribution >= 4 is 11.8 Å². The molecule has 0 unspecified atom stereocenters. The van der Waals surface area contributed by atoms with Crippen molar-refractivity contribution in [3.63, 3.8) is 0 Å². The average Bonchev–Trinajstić information content (AvgIpc) is 3.15. The van der Waals surface area contributed by atoms with Gasteiger partial charge in [0.1, 0.15) is 11.6 Å². The van der Waals surface area contributed by atoms with Gasteiger partial charge in [0.25, 0.3) is 0 Å². The summed E-state index contributed by atoms with van der Waals surface area (Å²) in [5.74, 6) is 3.26. The summed E-state index contributed by atoms with van der Waals surface area (Å²) in [6.45, 7) is 16.4. The number of rotatable bonds is 8. The standard InChI is InChI=1S/C21H34N6O/c1-7-22-20(26-15-19-24-14-17(28-19)21(4,5)6)25-13-16-10-11-18(23-12-16)27(8-2)9-3/h10-12,14H,7-9,13,15H2,1-6H3,(H2,22,25,26). The third-order valence-corrected chi connectivity index (χ3v) is 4.36. The van der Waals surface area contributed by atoms with Crippen molar-refractivity contribution in [1.29, 1.82) is 0 Å². The molecule has 0 saturated carbocycles. The smallest absolute Gasteiger partial charge is 0.213 e. The van der Waals surface area contributed by atoms with Crippen molar-refractivity contribution < 1.29 is 4.42 Å². The van der Waals surface area contributed by atoms with E-state index in [1.807, 2.05) is 13.1 Å². The molecule has 0 aliphatic heterocycles. The Morgan fingerprint density at radius 3 is 2.36 bits per heavy atom. The highest BCUT2D eigenvalue weighted by Crippen LogP contribution is 2.22. The van der Waals surface area contributed by atoms with Gasteiger partial charge in [-0.25, -0.2) is 15.0 Å². The summed E-state index contributed by atoms with van der Waals surface area (Å²) in [6, 6.07) is 4.14. The van der Waals surface area contributed by atoms with E-state index in [4.69, 9.17) is 4.42 Å². The number of nitrogens with zero attached hydrogens (tertiary/aromatic N) is 4. The zero-order chi connectivity index (χ0) is 20.6. The van der Waals surface area contributed by atoms with Crippen LogP contribution in [0, 0.1) is 0 Å². The van der Waals surface area contributed by atoms with Crippen molar-refractivity contribution in [3.8, 4) is 0 Å². The van der Waals surface area contributed by atoms with Crippen LogP contribution in [-0.2, 0) is 18.5 Å². The zero-order valence-corrected chi connectivity index (χ0v) is 18.0. The molecule has 0 amide bonds. The molecule has 2 rings (SSSR count). The molecule has 0 fully saturated rings. The lowest BCUT2D eigenvalue weighted by Gasteiger charge is -2.19. The lowest BCUT2D eigenvalue weighted by Crippen LogP contribution is -2.36. The van der Waals surface area contributed by atoms with Crippen molar-refractivity contribution in [2.75, 3.05) is 24.5 Å². The van der Waals surface area contributed by atoms with E-state index in [1.54, 1.807) is 6.20 Å². The molecule has 2 heterocycles. The Hall–Kier alpha value is -2.57. The Bertz CT molecular complexity index is 741. The molecule has 154 valence electrons. The number of nitrogens with one attached hydrogen (secondary N) is 2. The monoisotopic (exact) mass is 386 g/mol. The summed E-state index contributed by atoms with van der Waals surface area (Å²) in [5, 5.41) is 6.52. The fraction of sp³-hybridized carbons (Fsp3) is 0.571. The van der Waals surface area contributed by atoms with Gasteiger partial charge in [0, 0.05) is 31.2 Å². The first-order valence-electron chi connectivity index (χ1n) is 10.0. The van der Waals surface area contributed by atoms with Gasteiger partial charge in [-0.2, -0.15) is 0 Å². The zero-order valence-electron chi connectivity index (χ0n) is 18.0. The third-order valence-electron chi connectivity index (χ3n) is 4.36. The van der Waals surface area contributed by atoms with Crippen LogP contribution < -0.4 is 15.5 Å². The van der Waals surface area contributed by atoms with Crippen LogP contribution in [-0.4, -0.2) is 35.6 Å². The number of hydrogen-bond acceptors (Lipinski definition) is 5. The van der Waals surface area contributed by atoms with Crippen molar-refractivity contribution in [1.82, 2.24) is 20.6 Å². The first-order valence-corrected chi connectivity index (χ1v) is 10.0. The maximum absolute atomic E-state index is 5.83. The number of oxazole rings is 1. The van der Waals surface area contributed by atoms with Gasteiger partial charge in [0.2, 0.25) is 5.89 Å². The Labute approximate surface area is 168 Å². The molecule has 0 spiro atoms. The van der Waals surface area contributed by atoms with Crippen LogP contribution in [0.25, 0.3) is 0 Å². The summed E-state index contributed by atoms with van der Waals surface area (Å²) in [7, 11) is 0. The van der Waals surface area contributed by atoms with Crippen LogP contribution in [0.1, 0.15) is 58.8 Å². The van der Waals surface area contributed by atoms with Crippen molar-refractivity contribution in [3.05, 3.63) is 41.7 Å². The highest BCUT2D eigenvalue weighted by Gasteiger charge is 2.19. The molecule has 0 saturated heterocycles. The largest absolute Gasteiger partial charge is 0.443 e. The highest BCUT2D eigenvalue weighted by molar-refractivity contribution is 5.79. The summed E-state index contributed by atoms with van der Waals surface area (Å²) >= 11 is 0. The Morgan fingerprint density at radius 1 is 1.07 bits per heavy atom. The molecule has 0 radical (unpaired) electrons. The summed E-state index contributed by atoms with van der Waals surface area (Å²) < 4.78 is 5.83. The van der Waals surface area contributed by atoms with E-state index < -0.39 is 0 Å². The number of pyridine rings is 1. The maximum atomic E-state index is 5.83.